The van der Waals surface area contributed by atoms with Crippen molar-refractivity contribution in [2.45, 2.75) is 13.8 Å². The third kappa shape index (κ3) is 2.54. The Hall–Kier alpha value is -2.93. The number of nitrogens with zero attached hydrogens (tertiary/aromatic N) is 3. The Balaban J connectivity index is 2.07. The van der Waals surface area contributed by atoms with Gasteiger partial charge in [-0.25, -0.2) is 4.98 Å². The lowest BCUT2D eigenvalue weighted by molar-refractivity contribution is 1.12. The van der Waals surface area contributed by atoms with Gasteiger partial charge in [0.2, 0.25) is 0 Å². The van der Waals surface area contributed by atoms with Crippen molar-refractivity contribution in [2.75, 3.05) is 5.32 Å². The van der Waals surface area contributed by atoms with Gasteiger partial charge >= 0.3 is 0 Å². The minimum atomic E-state index is 0.612. The van der Waals surface area contributed by atoms with Crippen molar-refractivity contribution in [3.63, 3.8) is 0 Å². The molecule has 0 amide bonds. The average Bonchev–Trinajstić information content (AvgIpc) is 2.49. The number of anilines is 2. The molecule has 0 aliphatic heterocycles. The first-order valence-corrected chi connectivity index (χ1v) is 6.68. The van der Waals surface area contributed by atoms with Gasteiger partial charge in [-0.1, -0.05) is 18.2 Å². The van der Waals surface area contributed by atoms with Crippen LogP contribution in [0.25, 0.3) is 10.9 Å². The van der Waals surface area contributed by atoms with E-state index in [4.69, 9.17) is 0 Å². The number of para-hydroxylation sites is 1. The number of aromatic nitrogens is 2. The molecule has 0 saturated carbocycles. The molecule has 0 atom stereocenters. The Morgan fingerprint density at radius 3 is 2.62 bits per heavy atom. The van der Waals surface area contributed by atoms with Crippen molar-refractivity contribution in [2.24, 2.45) is 0 Å². The number of fused-ring (bicyclic) bond motifs is 1. The van der Waals surface area contributed by atoms with Crippen molar-refractivity contribution >= 4 is 22.4 Å². The number of hydrogen-bond donors (Lipinski definition) is 1. The molecule has 0 unspecified atom stereocenters. The van der Waals surface area contributed by atoms with Crippen LogP contribution in [0.3, 0.4) is 0 Å². The Morgan fingerprint density at radius 2 is 1.86 bits per heavy atom. The van der Waals surface area contributed by atoms with E-state index in [2.05, 4.69) is 21.4 Å². The minimum Gasteiger partial charge on any atom is -0.339 e. The second kappa shape index (κ2) is 5.22. The topological polar surface area (TPSA) is 61.6 Å². The first-order valence-electron chi connectivity index (χ1n) is 6.68. The normalized spacial score (nSPS) is 10.3. The maximum absolute atomic E-state index is 9.30. The Kier molecular flexibility index (Phi) is 3.25. The van der Waals surface area contributed by atoms with Crippen LogP contribution in [-0.2, 0) is 0 Å². The van der Waals surface area contributed by atoms with Crippen LogP contribution in [0.2, 0.25) is 0 Å². The summed E-state index contributed by atoms with van der Waals surface area (Å²) in [4.78, 5) is 8.97. The highest BCUT2D eigenvalue weighted by atomic mass is 15.0. The number of nitrogens with one attached hydrogen (secondary N) is 1. The van der Waals surface area contributed by atoms with Crippen LogP contribution >= 0.6 is 0 Å². The summed E-state index contributed by atoms with van der Waals surface area (Å²) in [6.45, 7) is 3.90. The second-order valence-electron chi connectivity index (χ2n) is 4.89. The summed E-state index contributed by atoms with van der Waals surface area (Å²) >= 11 is 0. The van der Waals surface area contributed by atoms with Crippen LogP contribution in [0.4, 0.5) is 11.5 Å². The molecule has 4 nitrogen and oxygen atoms in total. The van der Waals surface area contributed by atoms with Crippen molar-refractivity contribution in [3.8, 4) is 6.07 Å². The molecule has 1 N–H and O–H groups in total. The third-order valence-electron chi connectivity index (χ3n) is 3.32. The van der Waals surface area contributed by atoms with Crippen LogP contribution in [0.5, 0.6) is 0 Å². The zero-order chi connectivity index (χ0) is 14.8. The standard InChI is InChI=1S/C17H14N4/c1-11-7-8-15(12(2)19-11)20-17-9-13(10-18)14-5-3-4-6-16(14)21-17/h3-9H,1-2H3,(H,20,21). The van der Waals surface area contributed by atoms with E-state index in [0.29, 0.717) is 11.4 Å². The quantitative estimate of drug-likeness (QED) is 0.770. The first-order chi connectivity index (χ1) is 10.2. The van der Waals surface area contributed by atoms with E-state index in [0.717, 1.165) is 28.0 Å². The fraction of sp³-hybridized carbons (Fsp3) is 0.118. The largest absolute Gasteiger partial charge is 0.339 e. The summed E-state index contributed by atoms with van der Waals surface area (Å²) < 4.78 is 0. The number of benzene rings is 1. The van der Waals surface area contributed by atoms with Gasteiger partial charge in [-0.15, -0.1) is 0 Å². The summed E-state index contributed by atoms with van der Waals surface area (Å²) in [7, 11) is 0. The van der Waals surface area contributed by atoms with E-state index in [1.54, 1.807) is 6.07 Å². The summed E-state index contributed by atoms with van der Waals surface area (Å²) in [5, 5.41) is 13.4. The van der Waals surface area contributed by atoms with Crippen molar-refractivity contribution in [1.29, 1.82) is 5.26 Å². The van der Waals surface area contributed by atoms with E-state index in [9.17, 15) is 5.26 Å². The Labute approximate surface area is 123 Å². The van der Waals surface area contributed by atoms with Crippen LogP contribution in [0, 0.1) is 25.2 Å². The molecule has 3 aromatic rings. The van der Waals surface area contributed by atoms with Crippen LogP contribution in [0.15, 0.2) is 42.5 Å². The molecular formula is C17H14N4. The monoisotopic (exact) mass is 274 g/mol. The Morgan fingerprint density at radius 1 is 1.05 bits per heavy atom. The number of hydrogen-bond acceptors (Lipinski definition) is 4. The van der Waals surface area contributed by atoms with Crippen molar-refractivity contribution in [1.82, 2.24) is 9.97 Å². The van der Waals surface area contributed by atoms with Gasteiger partial charge in [0.1, 0.15) is 5.82 Å². The number of rotatable bonds is 2. The van der Waals surface area contributed by atoms with Gasteiger partial charge in [0.25, 0.3) is 0 Å². The van der Waals surface area contributed by atoms with Crippen molar-refractivity contribution in [3.05, 3.63) is 59.4 Å². The molecule has 0 bridgehead atoms. The van der Waals surface area contributed by atoms with Crippen LogP contribution in [0.1, 0.15) is 17.0 Å². The predicted octanol–water partition coefficient (Wildman–Crippen LogP) is 3.86. The molecule has 0 aliphatic carbocycles. The van der Waals surface area contributed by atoms with E-state index in [1.165, 1.54) is 0 Å². The molecule has 0 radical (unpaired) electrons. The lowest BCUT2D eigenvalue weighted by atomic mass is 10.1. The molecule has 3 rings (SSSR count). The highest BCUT2D eigenvalue weighted by Crippen LogP contribution is 2.23. The van der Waals surface area contributed by atoms with Gasteiger partial charge in [-0.2, -0.15) is 5.26 Å². The van der Waals surface area contributed by atoms with Gasteiger partial charge in [0, 0.05) is 11.1 Å². The Bertz CT molecular complexity index is 862. The van der Waals surface area contributed by atoms with E-state index >= 15 is 0 Å². The van der Waals surface area contributed by atoms with Gasteiger partial charge in [0.15, 0.2) is 0 Å². The molecule has 4 heteroatoms. The molecule has 0 fully saturated rings. The molecule has 0 saturated heterocycles. The fourth-order valence-corrected chi connectivity index (χ4v) is 2.29. The zero-order valence-corrected chi connectivity index (χ0v) is 11.9. The highest BCUT2D eigenvalue weighted by Gasteiger charge is 2.07. The first kappa shape index (κ1) is 13.1. The van der Waals surface area contributed by atoms with Gasteiger partial charge < -0.3 is 5.32 Å². The van der Waals surface area contributed by atoms with E-state index in [-0.39, 0.29) is 0 Å². The fourth-order valence-electron chi connectivity index (χ4n) is 2.29. The third-order valence-corrected chi connectivity index (χ3v) is 3.32. The average molecular weight is 274 g/mol. The molecule has 0 aliphatic rings. The van der Waals surface area contributed by atoms with Gasteiger partial charge in [-0.05, 0) is 38.1 Å². The SMILES string of the molecule is Cc1ccc(Nc2cc(C#N)c3ccccc3n2)c(C)n1. The second-order valence-corrected chi connectivity index (χ2v) is 4.89. The maximum Gasteiger partial charge on any atom is 0.132 e. The molecule has 2 aromatic heterocycles. The predicted molar refractivity (Wildman–Crippen MR) is 83.5 cm³/mol. The molecule has 2 heterocycles. The smallest absolute Gasteiger partial charge is 0.132 e. The summed E-state index contributed by atoms with van der Waals surface area (Å²) in [5.74, 6) is 0.652. The van der Waals surface area contributed by atoms with E-state index in [1.807, 2.05) is 50.2 Å². The summed E-state index contributed by atoms with van der Waals surface area (Å²) in [6, 6.07) is 15.5. The number of aryl methyl sites for hydroxylation is 2. The highest BCUT2D eigenvalue weighted by molar-refractivity contribution is 5.86. The number of pyridine rings is 2. The summed E-state index contributed by atoms with van der Waals surface area (Å²) in [6.07, 6.45) is 0. The van der Waals surface area contributed by atoms with Crippen LogP contribution in [-0.4, -0.2) is 9.97 Å². The molecule has 21 heavy (non-hydrogen) atoms. The summed E-state index contributed by atoms with van der Waals surface area (Å²) in [5.41, 5.74) is 4.19. The molecule has 1 aromatic carbocycles. The lowest BCUT2D eigenvalue weighted by Crippen LogP contribution is -1.99. The minimum absolute atomic E-state index is 0.612. The number of nitriles is 1. The lowest BCUT2D eigenvalue weighted by Gasteiger charge is -2.10. The maximum atomic E-state index is 9.30. The molecule has 102 valence electrons. The van der Waals surface area contributed by atoms with Gasteiger partial charge in [0.05, 0.1) is 28.5 Å². The zero-order valence-electron chi connectivity index (χ0n) is 11.9. The molecule has 0 spiro atoms. The van der Waals surface area contributed by atoms with Crippen molar-refractivity contribution < 1.29 is 0 Å². The van der Waals surface area contributed by atoms with Crippen LogP contribution < -0.4 is 5.32 Å². The van der Waals surface area contributed by atoms with Gasteiger partial charge in [-0.3, -0.25) is 4.98 Å². The van der Waals surface area contributed by atoms with E-state index < -0.39 is 0 Å². The molecular weight excluding hydrogens is 260 g/mol.